The van der Waals surface area contributed by atoms with Gasteiger partial charge >= 0.3 is 0 Å². The summed E-state index contributed by atoms with van der Waals surface area (Å²) in [5, 5.41) is 2.68. The van der Waals surface area contributed by atoms with Gasteiger partial charge in [0.25, 0.3) is 0 Å². The molecule has 1 aromatic carbocycles. The van der Waals surface area contributed by atoms with E-state index >= 15 is 0 Å². The van der Waals surface area contributed by atoms with E-state index in [1.165, 1.54) is 19.2 Å². The van der Waals surface area contributed by atoms with Crippen molar-refractivity contribution in [3.63, 3.8) is 0 Å². The van der Waals surface area contributed by atoms with E-state index in [0.717, 1.165) is 19.3 Å². The molecule has 1 fully saturated rings. The molecular weight excluding hydrogens is 247 g/mol. The van der Waals surface area contributed by atoms with Gasteiger partial charge < -0.3 is 15.8 Å². The standard InChI is InChI=1S/C14H19FN2O2/c1-19-12-6-5-10(9-11(12)15)17-13(18)14(16)7-3-2-4-8-14/h5-6,9H,2-4,7-8,16H2,1H3,(H,17,18). The first-order chi connectivity index (χ1) is 9.05. The van der Waals surface area contributed by atoms with Crippen molar-refractivity contribution >= 4 is 11.6 Å². The van der Waals surface area contributed by atoms with Crippen molar-refractivity contribution in [1.29, 1.82) is 0 Å². The van der Waals surface area contributed by atoms with E-state index in [2.05, 4.69) is 5.32 Å². The van der Waals surface area contributed by atoms with Crippen molar-refractivity contribution < 1.29 is 13.9 Å². The molecule has 0 aliphatic heterocycles. The predicted molar refractivity (Wildman–Crippen MR) is 71.6 cm³/mol. The average Bonchev–Trinajstić information content (AvgIpc) is 2.40. The van der Waals surface area contributed by atoms with Gasteiger partial charge in [0.05, 0.1) is 12.6 Å². The van der Waals surface area contributed by atoms with Gasteiger partial charge in [0.15, 0.2) is 11.6 Å². The highest BCUT2D eigenvalue weighted by Crippen LogP contribution is 2.28. The molecule has 104 valence electrons. The van der Waals surface area contributed by atoms with E-state index in [-0.39, 0.29) is 11.7 Å². The quantitative estimate of drug-likeness (QED) is 0.883. The molecule has 0 radical (unpaired) electrons. The first kappa shape index (κ1) is 13.8. The minimum Gasteiger partial charge on any atom is -0.494 e. The number of nitrogens with one attached hydrogen (secondary N) is 1. The number of nitrogens with two attached hydrogens (primary N) is 1. The fraction of sp³-hybridized carbons (Fsp3) is 0.500. The van der Waals surface area contributed by atoms with E-state index in [4.69, 9.17) is 10.5 Å². The highest BCUT2D eigenvalue weighted by atomic mass is 19.1. The minimum atomic E-state index is -0.825. The summed E-state index contributed by atoms with van der Waals surface area (Å²) in [4.78, 5) is 12.2. The Morgan fingerprint density at radius 1 is 1.37 bits per heavy atom. The maximum absolute atomic E-state index is 13.5. The molecular formula is C14H19FN2O2. The Kier molecular flexibility index (Phi) is 4.04. The molecule has 1 aliphatic carbocycles. The third-order valence-corrected chi connectivity index (χ3v) is 3.61. The summed E-state index contributed by atoms with van der Waals surface area (Å²) in [5.74, 6) is -0.593. The van der Waals surface area contributed by atoms with Crippen LogP contribution in [0.2, 0.25) is 0 Å². The number of ether oxygens (including phenoxy) is 1. The third kappa shape index (κ3) is 3.04. The zero-order chi connectivity index (χ0) is 13.9. The lowest BCUT2D eigenvalue weighted by Crippen LogP contribution is -2.52. The van der Waals surface area contributed by atoms with Crippen molar-refractivity contribution in [2.45, 2.75) is 37.6 Å². The first-order valence-electron chi connectivity index (χ1n) is 6.49. The Labute approximate surface area is 112 Å². The van der Waals surface area contributed by atoms with Crippen molar-refractivity contribution in [2.75, 3.05) is 12.4 Å². The second-order valence-electron chi connectivity index (χ2n) is 5.02. The molecule has 2 rings (SSSR count). The molecule has 0 saturated heterocycles. The number of anilines is 1. The first-order valence-corrected chi connectivity index (χ1v) is 6.49. The number of hydrogen-bond donors (Lipinski definition) is 2. The summed E-state index contributed by atoms with van der Waals surface area (Å²) in [6, 6.07) is 4.32. The van der Waals surface area contributed by atoms with Crippen LogP contribution in [0.3, 0.4) is 0 Å². The Morgan fingerprint density at radius 3 is 2.63 bits per heavy atom. The van der Waals surface area contributed by atoms with Crippen molar-refractivity contribution in [1.82, 2.24) is 0 Å². The van der Waals surface area contributed by atoms with E-state index in [1.54, 1.807) is 6.07 Å². The monoisotopic (exact) mass is 266 g/mol. The topological polar surface area (TPSA) is 64.3 Å². The van der Waals surface area contributed by atoms with Crippen LogP contribution in [0.1, 0.15) is 32.1 Å². The predicted octanol–water partition coefficient (Wildman–Crippen LogP) is 2.43. The molecule has 1 aliphatic rings. The van der Waals surface area contributed by atoms with Gasteiger partial charge in [-0.2, -0.15) is 0 Å². The Hall–Kier alpha value is -1.62. The number of methoxy groups -OCH3 is 1. The van der Waals surface area contributed by atoms with Gasteiger partial charge in [0.1, 0.15) is 0 Å². The van der Waals surface area contributed by atoms with Gasteiger partial charge in [-0.3, -0.25) is 4.79 Å². The molecule has 0 atom stereocenters. The summed E-state index contributed by atoms with van der Waals surface area (Å²) in [6.45, 7) is 0. The lowest BCUT2D eigenvalue weighted by atomic mass is 9.82. The molecule has 0 heterocycles. The highest BCUT2D eigenvalue weighted by molar-refractivity contribution is 5.98. The normalized spacial score (nSPS) is 17.8. The van der Waals surface area contributed by atoms with Crippen LogP contribution in [0, 0.1) is 5.82 Å². The molecule has 1 aromatic rings. The largest absolute Gasteiger partial charge is 0.494 e. The lowest BCUT2D eigenvalue weighted by molar-refractivity contribution is -0.122. The van der Waals surface area contributed by atoms with Gasteiger partial charge in [-0.05, 0) is 25.0 Å². The van der Waals surface area contributed by atoms with Crippen LogP contribution in [0.4, 0.5) is 10.1 Å². The second kappa shape index (κ2) is 5.57. The maximum atomic E-state index is 13.5. The summed E-state index contributed by atoms with van der Waals surface area (Å²) >= 11 is 0. The number of benzene rings is 1. The van der Waals surface area contributed by atoms with Gasteiger partial charge in [-0.15, -0.1) is 0 Å². The SMILES string of the molecule is COc1ccc(NC(=O)C2(N)CCCCC2)cc1F. The number of carbonyl (C=O) groups is 1. The Bertz CT molecular complexity index is 471. The van der Waals surface area contributed by atoms with Crippen molar-refractivity contribution in [3.05, 3.63) is 24.0 Å². The third-order valence-electron chi connectivity index (χ3n) is 3.61. The van der Waals surface area contributed by atoms with Crippen LogP contribution in [0.5, 0.6) is 5.75 Å². The van der Waals surface area contributed by atoms with Crippen LogP contribution >= 0.6 is 0 Å². The smallest absolute Gasteiger partial charge is 0.244 e. The van der Waals surface area contributed by atoms with E-state index in [1.807, 2.05) is 0 Å². The van der Waals surface area contributed by atoms with Crippen molar-refractivity contribution in [2.24, 2.45) is 5.73 Å². The molecule has 0 bridgehead atoms. The molecule has 0 spiro atoms. The molecule has 0 unspecified atom stereocenters. The highest BCUT2D eigenvalue weighted by Gasteiger charge is 2.35. The van der Waals surface area contributed by atoms with Gasteiger partial charge in [-0.25, -0.2) is 4.39 Å². The zero-order valence-electron chi connectivity index (χ0n) is 11.0. The van der Waals surface area contributed by atoms with Gasteiger partial charge in [-0.1, -0.05) is 19.3 Å². The van der Waals surface area contributed by atoms with E-state index in [9.17, 15) is 9.18 Å². The van der Waals surface area contributed by atoms with Gasteiger partial charge in [0, 0.05) is 11.8 Å². The van der Waals surface area contributed by atoms with Crippen LogP contribution in [-0.4, -0.2) is 18.6 Å². The Morgan fingerprint density at radius 2 is 2.05 bits per heavy atom. The molecule has 5 heteroatoms. The number of carbonyl (C=O) groups excluding carboxylic acids is 1. The summed E-state index contributed by atoms with van der Waals surface area (Å²) in [7, 11) is 1.40. The Balaban J connectivity index is 2.08. The average molecular weight is 266 g/mol. The van der Waals surface area contributed by atoms with E-state index in [0.29, 0.717) is 18.5 Å². The second-order valence-corrected chi connectivity index (χ2v) is 5.02. The fourth-order valence-electron chi connectivity index (χ4n) is 2.41. The molecule has 3 N–H and O–H groups in total. The molecule has 19 heavy (non-hydrogen) atoms. The maximum Gasteiger partial charge on any atom is 0.244 e. The van der Waals surface area contributed by atoms with Crippen molar-refractivity contribution in [3.8, 4) is 5.75 Å². The molecule has 4 nitrogen and oxygen atoms in total. The summed E-state index contributed by atoms with van der Waals surface area (Å²) in [5.41, 5.74) is 5.69. The van der Waals surface area contributed by atoms with Gasteiger partial charge in [0.2, 0.25) is 5.91 Å². The minimum absolute atomic E-state index is 0.151. The number of amides is 1. The summed E-state index contributed by atoms with van der Waals surface area (Å²) in [6.07, 6.45) is 4.39. The fourth-order valence-corrected chi connectivity index (χ4v) is 2.41. The lowest BCUT2D eigenvalue weighted by Gasteiger charge is -2.31. The molecule has 1 amide bonds. The van der Waals surface area contributed by atoms with Crippen LogP contribution in [0.25, 0.3) is 0 Å². The number of halogens is 1. The van der Waals surface area contributed by atoms with Crippen LogP contribution in [0.15, 0.2) is 18.2 Å². The van der Waals surface area contributed by atoms with Crippen LogP contribution in [-0.2, 0) is 4.79 Å². The number of rotatable bonds is 3. The zero-order valence-corrected chi connectivity index (χ0v) is 11.0. The number of hydrogen-bond acceptors (Lipinski definition) is 3. The molecule has 0 aromatic heterocycles. The van der Waals surface area contributed by atoms with Crippen LogP contribution < -0.4 is 15.8 Å². The summed E-state index contributed by atoms with van der Waals surface area (Å²) < 4.78 is 18.4. The van der Waals surface area contributed by atoms with E-state index < -0.39 is 11.4 Å². The molecule has 1 saturated carbocycles.